The molecule has 2 aliphatic heterocycles. The Balaban J connectivity index is 0.888. The number of anilines is 1. The molecule has 5 N–H and O–H groups in total. The van der Waals surface area contributed by atoms with Gasteiger partial charge in [-0.1, -0.05) is 98.8 Å². The fourth-order valence-electron chi connectivity index (χ4n) is 10.0. The number of nitrogens with zero attached hydrogens (tertiary/aromatic N) is 4. The lowest BCUT2D eigenvalue weighted by molar-refractivity contribution is 0.130. The van der Waals surface area contributed by atoms with Gasteiger partial charge in [0.1, 0.15) is 11.6 Å². The summed E-state index contributed by atoms with van der Waals surface area (Å²) < 4.78 is 5.02. The van der Waals surface area contributed by atoms with Crippen molar-refractivity contribution >= 4 is 28.6 Å². The molecule has 0 bridgehead atoms. The zero-order chi connectivity index (χ0) is 43.4. The molecule has 0 spiro atoms. The summed E-state index contributed by atoms with van der Waals surface area (Å²) >= 11 is 0. The molecule has 10 rings (SSSR count). The minimum atomic E-state index is -1.06. The minimum Gasteiger partial charge on any atom is -0.465 e. The Morgan fingerprint density at radius 1 is 0.825 bits per heavy atom. The van der Waals surface area contributed by atoms with Gasteiger partial charge < -0.3 is 35.1 Å². The second-order valence-electron chi connectivity index (χ2n) is 17.5. The number of amides is 2. The Bertz CT molecular complexity index is 2850. The third-order valence-electron chi connectivity index (χ3n) is 13.3. The van der Waals surface area contributed by atoms with Crippen molar-refractivity contribution < 1.29 is 24.5 Å². The lowest BCUT2D eigenvalue weighted by Gasteiger charge is -2.32. The van der Waals surface area contributed by atoms with Crippen molar-refractivity contribution in [2.75, 3.05) is 25.1 Å². The number of fused-ring (bicyclic) bond motifs is 4. The molecule has 5 aromatic carbocycles. The maximum Gasteiger partial charge on any atom is 0.408 e. The normalized spacial score (nSPS) is 18.5. The summed E-state index contributed by atoms with van der Waals surface area (Å²) in [7, 11) is 1.42. The number of likely N-dealkylation sites (tertiary alicyclic amines) is 1. The maximum atomic E-state index is 12.4. The zero-order valence-corrected chi connectivity index (χ0v) is 35.6. The van der Waals surface area contributed by atoms with Gasteiger partial charge in [-0.3, -0.25) is 4.90 Å². The maximum absolute atomic E-state index is 12.4. The van der Waals surface area contributed by atoms with Crippen LogP contribution in [0.3, 0.4) is 0 Å². The number of β-amino-alcohol motifs (C(OH)–C–C–N with tert-alkyl or cyclic N) is 1. The SMILES string of the molecule is COC(=O)N[C@@H](Cc1ccc2c(c1N1CCC[C@H]1c1ncc(-c3ccc4cc(-c5ccc(-c6cnc(C7CC(O)CN7C(=O)O)[nH]6)cc5)ccc4c3)[nH]1)Cc1ccccc1-2)C(C)C. The molecular weight excluding hydrogens is 791 g/mol. The largest absolute Gasteiger partial charge is 0.465 e. The van der Waals surface area contributed by atoms with Gasteiger partial charge in [0.05, 0.1) is 55.6 Å². The second kappa shape index (κ2) is 16.4. The number of alkyl carbamates (subject to hydrolysis) is 1. The van der Waals surface area contributed by atoms with E-state index in [1.165, 1.54) is 45.5 Å². The highest BCUT2D eigenvalue weighted by Crippen LogP contribution is 2.47. The minimum absolute atomic E-state index is 0.0760. The van der Waals surface area contributed by atoms with E-state index in [4.69, 9.17) is 9.72 Å². The van der Waals surface area contributed by atoms with Crippen molar-refractivity contribution in [3.8, 4) is 44.8 Å². The third kappa shape index (κ3) is 7.58. The van der Waals surface area contributed by atoms with E-state index in [2.05, 4.69) is 124 Å². The summed E-state index contributed by atoms with van der Waals surface area (Å²) in [5, 5.41) is 25.1. The number of ether oxygens (including phenoxy) is 1. The molecule has 1 aliphatic carbocycles. The summed E-state index contributed by atoms with van der Waals surface area (Å²) in [6, 6.07) is 34.0. The van der Waals surface area contributed by atoms with E-state index in [1.54, 1.807) is 6.20 Å². The molecule has 7 aromatic rings. The summed E-state index contributed by atoms with van der Waals surface area (Å²) in [6.07, 6.45) is 5.42. The summed E-state index contributed by atoms with van der Waals surface area (Å²) in [5.74, 6) is 1.70. The van der Waals surface area contributed by atoms with Crippen molar-refractivity contribution in [2.24, 2.45) is 5.92 Å². The van der Waals surface area contributed by atoms with E-state index in [9.17, 15) is 19.8 Å². The number of aliphatic hydroxyl groups is 1. The molecule has 2 fully saturated rings. The van der Waals surface area contributed by atoms with Gasteiger partial charge in [-0.2, -0.15) is 0 Å². The van der Waals surface area contributed by atoms with Crippen molar-refractivity contribution in [1.29, 1.82) is 0 Å². The molecule has 12 heteroatoms. The molecule has 2 aromatic heterocycles. The number of carbonyl (C=O) groups excluding carboxylic acids is 1. The Morgan fingerprint density at radius 2 is 1.49 bits per heavy atom. The highest BCUT2D eigenvalue weighted by atomic mass is 16.5. The van der Waals surface area contributed by atoms with Gasteiger partial charge in [-0.25, -0.2) is 19.6 Å². The van der Waals surface area contributed by atoms with Crippen LogP contribution in [0.25, 0.3) is 55.5 Å². The van der Waals surface area contributed by atoms with Crippen LogP contribution in [0.5, 0.6) is 0 Å². The number of benzene rings is 5. The molecule has 12 nitrogen and oxygen atoms in total. The number of carboxylic acid groups (broad SMARTS) is 1. The predicted molar refractivity (Wildman–Crippen MR) is 245 cm³/mol. The number of aromatic amines is 2. The quantitative estimate of drug-likeness (QED) is 0.0910. The fraction of sp³-hybridized carbons (Fsp3) is 0.294. The van der Waals surface area contributed by atoms with E-state index in [0.29, 0.717) is 18.7 Å². The molecule has 63 heavy (non-hydrogen) atoms. The van der Waals surface area contributed by atoms with Crippen LogP contribution in [0, 0.1) is 5.92 Å². The molecular formula is C51H51N7O5. The number of aromatic nitrogens is 4. The first-order valence-corrected chi connectivity index (χ1v) is 21.9. The average Bonchev–Trinajstić information content (AvgIpc) is 4.15. The van der Waals surface area contributed by atoms with Crippen molar-refractivity contribution in [3.05, 3.63) is 138 Å². The molecule has 4 heterocycles. The van der Waals surface area contributed by atoms with E-state index in [1.807, 2.05) is 18.3 Å². The van der Waals surface area contributed by atoms with E-state index >= 15 is 0 Å². The first kappa shape index (κ1) is 40.2. The Hall–Kier alpha value is -6.92. The monoisotopic (exact) mass is 841 g/mol. The summed E-state index contributed by atoms with van der Waals surface area (Å²) in [4.78, 5) is 44.5. The number of hydrogen-bond acceptors (Lipinski definition) is 7. The lowest BCUT2D eigenvalue weighted by Crippen LogP contribution is -2.40. The van der Waals surface area contributed by atoms with Gasteiger partial charge in [0.15, 0.2) is 0 Å². The number of aliphatic hydroxyl groups excluding tert-OH is 1. The van der Waals surface area contributed by atoms with Crippen LogP contribution in [-0.4, -0.2) is 79.6 Å². The summed E-state index contributed by atoms with van der Waals surface area (Å²) in [6.45, 7) is 5.28. The fourth-order valence-corrected chi connectivity index (χ4v) is 10.0. The van der Waals surface area contributed by atoms with Gasteiger partial charge >= 0.3 is 12.2 Å². The number of imidazole rings is 2. The van der Waals surface area contributed by atoms with Crippen molar-refractivity contribution in [1.82, 2.24) is 30.2 Å². The van der Waals surface area contributed by atoms with Crippen molar-refractivity contribution in [3.63, 3.8) is 0 Å². The van der Waals surface area contributed by atoms with Gasteiger partial charge in [0, 0.05) is 36.7 Å². The number of hydrogen-bond donors (Lipinski definition) is 5. The molecule has 3 aliphatic rings. The lowest BCUT2D eigenvalue weighted by atomic mass is 9.91. The van der Waals surface area contributed by atoms with Crippen LogP contribution in [-0.2, 0) is 17.6 Å². The number of nitrogens with one attached hydrogen (secondary N) is 3. The second-order valence-corrected chi connectivity index (χ2v) is 17.5. The highest BCUT2D eigenvalue weighted by molar-refractivity contribution is 5.91. The molecule has 2 amide bonds. The molecule has 320 valence electrons. The Kier molecular flexibility index (Phi) is 10.5. The van der Waals surface area contributed by atoms with Crippen LogP contribution in [0.2, 0.25) is 0 Å². The van der Waals surface area contributed by atoms with Gasteiger partial charge in [-0.15, -0.1) is 0 Å². The first-order chi connectivity index (χ1) is 30.6. The molecule has 4 atom stereocenters. The molecule has 0 radical (unpaired) electrons. The van der Waals surface area contributed by atoms with Gasteiger partial charge in [-0.05, 0) is 92.6 Å². The van der Waals surface area contributed by atoms with E-state index in [-0.39, 0.29) is 24.5 Å². The number of carbonyl (C=O) groups is 2. The van der Waals surface area contributed by atoms with Crippen LogP contribution in [0.4, 0.5) is 15.3 Å². The first-order valence-electron chi connectivity index (χ1n) is 21.9. The highest BCUT2D eigenvalue weighted by Gasteiger charge is 2.38. The molecule has 0 saturated carbocycles. The van der Waals surface area contributed by atoms with Gasteiger partial charge in [0.2, 0.25) is 0 Å². The van der Waals surface area contributed by atoms with E-state index in [0.717, 1.165) is 76.0 Å². The van der Waals surface area contributed by atoms with Crippen LogP contribution >= 0.6 is 0 Å². The zero-order valence-electron chi connectivity index (χ0n) is 35.6. The number of H-pyrrole nitrogens is 2. The number of rotatable bonds is 10. The topological polar surface area (TPSA) is 160 Å². The summed E-state index contributed by atoms with van der Waals surface area (Å²) in [5.41, 5.74) is 13.7. The van der Waals surface area contributed by atoms with E-state index < -0.39 is 24.3 Å². The van der Waals surface area contributed by atoms with Crippen molar-refractivity contribution in [2.45, 2.75) is 70.2 Å². The van der Waals surface area contributed by atoms with Gasteiger partial charge in [0.25, 0.3) is 0 Å². The molecule has 2 saturated heterocycles. The number of methoxy groups -OCH3 is 1. The van der Waals surface area contributed by atoms with Crippen LogP contribution < -0.4 is 10.2 Å². The molecule has 2 unspecified atom stereocenters. The van der Waals surface area contributed by atoms with Crippen LogP contribution in [0.1, 0.15) is 73.5 Å². The smallest absolute Gasteiger partial charge is 0.408 e. The Labute approximate surface area is 366 Å². The van der Waals surface area contributed by atoms with Crippen LogP contribution in [0.15, 0.2) is 109 Å². The third-order valence-corrected chi connectivity index (χ3v) is 13.3. The average molecular weight is 842 g/mol. The predicted octanol–water partition coefficient (Wildman–Crippen LogP) is 9.91. The Morgan fingerprint density at radius 3 is 2.22 bits per heavy atom. The standard InChI is InChI=1S/C51H51N7O5/c1-29(2)42(56-50(60)63-3)24-37-18-19-40-39-8-5-4-7-35(39)23-41(40)47(37)57-20-6-9-45(57)48-52-27-44(55-48)36-17-16-33-21-32(14-15-34(33)22-36)30-10-12-31(13-11-30)43-26-53-49(54-43)46-25-38(59)28-58(46)51(61)62/h4-5,7-8,10-19,21-22,26-27,29,38,42,45-46,59H,6,9,20,23-25,28H2,1-3H3,(H,52,55)(H,53,54)(H,56,60)(H,61,62)/t38?,42-,45-,46?/m0/s1.